The van der Waals surface area contributed by atoms with E-state index in [9.17, 15) is 18.0 Å². The summed E-state index contributed by atoms with van der Waals surface area (Å²) in [5.74, 6) is -0.782. The third-order valence-corrected chi connectivity index (χ3v) is 2.27. The Balaban J connectivity index is 2.62. The number of carbonyl (C=O) groups is 1. The summed E-state index contributed by atoms with van der Waals surface area (Å²) in [5.41, 5.74) is -0.649. The highest BCUT2D eigenvalue weighted by Gasteiger charge is 2.31. The molecule has 1 heterocycles. The predicted octanol–water partition coefficient (Wildman–Crippen LogP) is 2.37. The van der Waals surface area contributed by atoms with Gasteiger partial charge in [0, 0.05) is 5.39 Å². The molecule has 0 aliphatic rings. The molecular formula is C10H7F3N2O2. The van der Waals surface area contributed by atoms with Crippen molar-refractivity contribution in [1.82, 2.24) is 10.2 Å². The topological polar surface area (TPSA) is 55.0 Å². The van der Waals surface area contributed by atoms with Gasteiger partial charge in [0.1, 0.15) is 0 Å². The molecule has 1 N–H and O–H groups in total. The zero-order valence-corrected chi connectivity index (χ0v) is 8.63. The number of ether oxygens (including phenoxy) is 1. The van der Waals surface area contributed by atoms with E-state index in [0.717, 1.165) is 19.2 Å². The molecule has 0 spiro atoms. The van der Waals surface area contributed by atoms with Crippen molar-refractivity contribution in [3.8, 4) is 0 Å². The number of aromatic nitrogens is 2. The summed E-state index contributed by atoms with van der Waals surface area (Å²) in [4.78, 5) is 11.3. The highest BCUT2D eigenvalue weighted by atomic mass is 19.4. The third-order valence-electron chi connectivity index (χ3n) is 2.27. The van der Waals surface area contributed by atoms with Crippen LogP contribution in [0.5, 0.6) is 0 Å². The maximum atomic E-state index is 12.5. The van der Waals surface area contributed by atoms with E-state index in [2.05, 4.69) is 14.9 Å². The molecule has 1 aromatic heterocycles. The molecule has 0 atom stereocenters. The van der Waals surface area contributed by atoms with Crippen molar-refractivity contribution in [2.75, 3.05) is 7.11 Å². The fourth-order valence-corrected chi connectivity index (χ4v) is 1.44. The van der Waals surface area contributed by atoms with E-state index in [1.165, 1.54) is 6.07 Å². The zero-order chi connectivity index (χ0) is 12.6. The number of benzene rings is 1. The number of nitrogens with zero attached hydrogens (tertiary/aromatic N) is 1. The minimum Gasteiger partial charge on any atom is -0.464 e. The van der Waals surface area contributed by atoms with Crippen molar-refractivity contribution in [1.29, 1.82) is 0 Å². The number of hydrogen-bond donors (Lipinski definition) is 1. The first kappa shape index (κ1) is 11.4. The molecule has 2 aromatic rings. The second-order valence-electron chi connectivity index (χ2n) is 3.32. The summed E-state index contributed by atoms with van der Waals surface area (Å²) >= 11 is 0. The van der Waals surface area contributed by atoms with E-state index in [1.54, 1.807) is 0 Å². The first-order chi connectivity index (χ1) is 7.93. The highest BCUT2D eigenvalue weighted by Crippen LogP contribution is 2.31. The number of fused-ring (bicyclic) bond motifs is 1. The Kier molecular flexibility index (Phi) is 2.53. The van der Waals surface area contributed by atoms with Gasteiger partial charge in [0.05, 0.1) is 18.2 Å². The average Bonchev–Trinajstić information content (AvgIpc) is 2.69. The standard InChI is InChI=1S/C10H7F3N2O2/c1-17-9(16)8-6-4-5(10(11,12)13)2-3-7(6)14-15-8/h2-4H,1H3,(H,14,15). The Bertz CT molecular complexity index is 574. The van der Waals surface area contributed by atoms with Gasteiger partial charge in [-0.3, -0.25) is 5.10 Å². The number of methoxy groups -OCH3 is 1. The summed E-state index contributed by atoms with van der Waals surface area (Å²) < 4.78 is 41.9. The SMILES string of the molecule is COC(=O)c1n[nH]c2ccc(C(F)(F)F)cc12. The van der Waals surface area contributed by atoms with Crippen LogP contribution in [0.2, 0.25) is 0 Å². The second-order valence-corrected chi connectivity index (χ2v) is 3.32. The molecule has 0 saturated carbocycles. The summed E-state index contributed by atoms with van der Waals surface area (Å²) in [6.45, 7) is 0. The van der Waals surface area contributed by atoms with Gasteiger partial charge in [-0.05, 0) is 18.2 Å². The molecular weight excluding hydrogens is 237 g/mol. The monoisotopic (exact) mass is 244 g/mol. The average molecular weight is 244 g/mol. The predicted molar refractivity (Wildman–Crippen MR) is 52.4 cm³/mol. The first-order valence-corrected chi connectivity index (χ1v) is 4.57. The molecule has 0 radical (unpaired) electrons. The van der Waals surface area contributed by atoms with Crippen LogP contribution < -0.4 is 0 Å². The molecule has 0 fully saturated rings. The van der Waals surface area contributed by atoms with Gasteiger partial charge >= 0.3 is 12.1 Å². The molecule has 4 nitrogen and oxygen atoms in total. The Morgan fingerprint density at radius 1 is 1.41 bits per heavy atom. The van der Waals surface area contributed by atoms with E-state index in [1.807, 2.05) is 0 Å². The normalized spacial score (nSPS) is 11.8. The zero-order valence-electron chi connectivity index (χ0n) is 8.63. The Morgan fingerprint density at radius 3 is 2.71 bits per heavy atom. The molecule has 0 amide bonds. The van der Waals surface area contributed by atoms with E-state index >= 15 is 0 Å². The van der Waals surface area contributed by atoms with Crippen LogP contribution in [0.1, 0.15) is 16.1 Å². The first-order valence-electron chi connectivity index (χ1n) is 4.57. The summed E-state index contributed by atoms with van der Waals surface area (Å²) in [7, 11) is 1.14. The van der Waals surface area contributed by atoms with Crippen LogP contribution in [0.4, 0.5) is 13.2 Å². The number of H-pyrrole nitrogens is 1. The van der Waals surface area contributed by atoms with E-state index < -0.39 is 17.7 Å². The number of aromatic amines is 1. The maximum Gasteiger partial charge on any atom is 0.416 e. The van der Waals surface area contributed by atoms with Crippen LogP contribution >= 0.6 is 0 Å². The van der Waals surface area contributed by atoms with Gasteiger partial charge in [0.15, 0.2) is 5.69 Å². The highest BCUT2D eigenvalue weighted by molar-refractivity contribution is 6.02. The summed E-state index contributed by atoms with van der Waals surface area (Å²) in [6, 6.07) is 3.00. The number of carbonyl (C=O) groups excluding carboxylic acids is 1. The lowest BCUT2D eigenvalue weighted by Gasteiger charge is -2.05. The minimum absolute atomic E-state index is 0.0895. The van der Waals surface area contributed by atoms with E-state index in [-0.39, 0.29) is 11.1 Å². The molecule has 2 rings (SSSR count). The lowest BCUT2D eigenvalue weighted by Crippen LogP contribution is -2.05. The lowest BCUT2D eigenvalue weighted by atomic mass is 10.1. The van der Waals surface area contributed by atoms with Crippen molar-refractivity contribution in [2.24, 2.45) is 0 Å². The van der Waals surface area contributed by atoms with Gasteiger partial charge in [0.25, 0.3) is 0 Å². The Morgan fingerprint density at radius 2 is 2.12 bits per heavy atom. The molecule has 90 valence electrons. The number of alkyl halides is 3. The van der Waals surface area contributed by atoms with Crippen molar-refractivity contribution in [2.45, 2.75) is 6.18 Å². The van der Waals surface area contributed by atoms with Crippen LogP contribution in [0.15, 0.2) is 18.2 Å². The lowest BCUT2D eigenvalue weighted by molar-refractivity contribution is -0.137. The van der Waals surface area contributed by atoms with E-state index in [4.69, 9.17) is 0 Å². The molecule has 0 bridgehead atoms. The van der Waals surface area contributed by atoms with E-state index in [0.29, 0.717) is 5.52 Å². The number of rotatable bonds is 1. The fraction of sp³-hybridized carbons (Fsp3) is 0.200. The molecule has 0 aliphatic carbocycles. The smallest absolute Gasteiger partial charge is 0.416 e. The van der Waals surface area contributed by atoms with Gasteiger partial charge in [-0.2, -0.15) is 18.3 Å². The van der Waals surface area contributed by atoms with Crippen LogP contribution in [0.25, 0.3) is 10.9 Å². The largest absolute Gasteiger partial charge is 0.464 e. The fourth-order valence-electron chi connectivity index (χ4n) is 1.44. The van der Waals surface area contributed by atoms with Gasteiger partial charge in [-0.25, -0.2) is 4.79 Å². The van der Waals surface area contributed by atoms with Crippen molar-refractivity contribution in [3.05, 3.63) is 29.5 Å². The molecule has 0 aliphatic heterocycles. The van der Waals surface area contributed by atoms with Gasteiger partial charge in [-0.1, -0.05) is 0 Å². The van der Waals surface area contributed by atoms with Gasteiger partial charge in [0.2, 0.25) is 0 Å². The minimum atomic E-state index is -4.46. The maximum absolute atomic E-state index is 12.5. The number of halogens is 3. The molecule has 17 heavy (non-hydrogen) atoms. The van der Waals surface area contributed by atoms with Gasteiger partial charge < -0.3 is 4.74 Å². The summed E-state index contributed by atoms with van der Waals surface area (Å²) in [5, 5.41) is 6.18. The third kappa shape index (κ3) is 1.95. The quantitative estimate of drug-likeness (QED) is 0.783. The number of hydrogen-bond acceptors (Lipinski definition) is 3. The Hall–Kier alpha value is -2.05. The van der Waals surface area contributed by atoms with Crippen molar-refractivity contribution in [3.63, 3.8) is 0 Å². The van der Waals surface area contributed by atoms with Crippen molar-refractivity contribution < 1.29 is 22.7 Å². The van der Waals surface area contributed by atoms with Crippen LogP contribution in [0.3, 0.4) is 0 Å². The number of esters is 1. The second kappa shape index (κ2) is 3.76. The number of nitrogens with one attached hydrogen (secondary N) is 1. The molecule has 1 aromatic carbocycles. The Labute approximate surface area is 93.4 Å². The molecule has 0 unspecified atom stereocenters. The van der Waals surface area contributed by atoms with Gasteiger partial charge in [-0.15, -0.1) is 0 Å². The molecule has 0 saturated heterocycles. The molecule has 7 heteroatoms. The summed E-state index contributed by atoms with van der Waals surface area (Å²) in [6.07, 6.45) is -4.46. The van der Waals surface area contributed by atoms with Crippen LogP contribution in [-0.4, -0.2) is 23.3 Å². The van der Waals surface area contributed by atoms with Crippen molar-refractivity contribution >= 4 is 16.9 Å². The van der Waals surface area contributed by atoms with Crippen LogP contribution in [0, 0.1) is 0 Å². The van der Waals surface area contributed by atoms with Crippen LogP contribution in [-0.2, 0) is 10.9 Å².